The van der Waals surface area contributed by atoms with Crippen molar-refractivity contribution in [2.24, 2.45) is 5.92 Å². The number of amides is 2. The van der Waals surface area contributed by atoms with Crippen LogP contribution in [0.3, 0.4) is 0 Å². The van der Waals surface area contributed by atoms with Crippen LogP contribution in [0.5, 0.6) is 0 Å². The first-order valence-electron chi connectivity index (χ1n) is 8.74. The van der Waals surface area contributed by atoms with Crippen molar-refractivity contribution in [2.45, 2.75) is 6.42 Å². The molecule has 0 spiro atoms. The summed E-state index contributed by atoms with van der Waals surface area (Å²) in [6, 6.07) is 9.40. The lowest BCUT2D eigenvalue weighted by Gasteiger charge is -2.20. The van der Waals surface area contributed by atoms with Gasteiger partial charge in [-0.2, -0.15) is 4.98 Å². The van der Waals surface area contributed by atoms with Crippen LogP contribution >= 0.6 is 0 Å². The Morgan fingerprint density at radius 1 is 1.15 bits per heavy atom. The van der Waals surface area contributed by atoms with E-state index in [1.54, 1.807) is 16.0 Å². The van der Waals surface area contributed by atoms with Gasteiger partial charge in [-0.3, -0.25) is 9.59 Å². The molecule has 27 heavy (non-hydrogen) atoms. The number of nitrogens with zero attached hydrogens (tertiary/aromatic N) is 5. The zero-order valence-electron chi connectivity index (χ0n) is 16.0. The molecule has 1 aromatic heterocycles. The maximum Gasteiger partial charge on any atom is 0.229 e. The fourth-order valence-electron chi connectivity index (χ4n) is 2.98. The number of para-hydroxylation sites is 1. The largest absolute Gasteiger partial charge is 0.361 e. The third-order valence-electron chi connectivity index (χ3n) is 4.40. The van der Waals surface area contributed by atoms with Crippen LogP contribution < -0.4 is 20.0 Å². The number of nitrogens with one attached hydrogen (secondary N) is 1. The van der Waals surface area contributed by atoms with Crippen LogP contribution in [0.4, 0.5) is 23.1 Å². The summed E-state index contributed by atoms with van der Waals surface area (Å²) < 4.78 is 0. The summed E-state index contributed by atoms with van der Waals surface area (Å²) in [4.78, 5) is 39.1. The fraction of sp³-hybridized carbons (Fsp3) is 0.368. The lowest BCUT2D eigenvalue weighted by molar-refractivity contribution is -0.122. The average molecular weight is 368 g/mol. The predicted molar refractivity (Wildman–Crippen MR) is 106 cm³/mol. The molecular weight excluding hydrogens is 344 g/mol. The third-order valence-corrected chi connectivity index (χ3v) is 4.40. The number of rotatable bonds is 5. The van der Waals surface area contributed by atoms with Crippen molar-refractivity contribution in [3.8, 4) is 0 Å². The molecule has 2 heterocycles. The van der Waals surface area contributed by atoms with E-state index in [-0.39, 0.29) is 18.2 Å². The van der Waals surface area contributed by atoms with E-state index in [2.05, 4.69) is 15.3 Å². The summed E-state index contributed by atoms with van der Waals surface area (Å²) in [5, 5.41) is 2.89. The molecule has 0 saturated carbocycles. The van der Waals surface area contributed by atoms with Gasteiger partial charge in [-0.1, -0.05) is 18.2 Å². The van der Waals surface area contributed by atoms with E-state index < -0.39 is 5.92 Å². The molecule has 0 bridgehead atoms. The van der Waals surface area contributed by atoms with Gasteiger partial charge in [0.25, 0.3) is 0 Å². The summed E-state index contributed by atoms with van der Waals surface area (Å²) in [6.45, 7) is 0.364. The molecule has 1 aromatic carbocycles. The van der Waals surface area contributed by atoms with Crippen molar-refractivity contribution in [3.05, 3.63) is 36.5 Å². The highest BCUT2D eigenvalue weighted by Crippen LogP contribution is 2.28. The average Bonchev–Trinajstić information content (AvgIpc) is 3.04. The van der Waals surface area contributed by atoms with E-state index in [0.717, 1.165) is 5.69 Å². The van der Waals surface area contributed by atoms with Gasteiger partial charge in [-0.15, -0.1) is 0 Å². The number of hydrogen-bond acceptors (Lipinski definition) is 6. The van der Waals surface area contributed by atoms with E-state index in [4.69, 9.17) is 0 Å². The minimum Gasteiger partial charge on any atom is -0.361 e. The molecule has 3 rings (SSSR count). The Bertz CT molecular complexity index is 837. The molecule has 1 aliphatic rings. The lowest BCUT2D eigenvalue weighted by Crippen LogP contribution is -2.29. The van der Waals surface area contributed by atoms with Gasteiger partial charge in [0, 0.05) is 46.8 Å². The Morgan fingerprint density at radius 3 is 2.48 bits per heavy atom. The van der Waals surface area contributed by atoms with E-state index >= 15 is 0 Å². The van der Waals surface area contributed by atoms with E-state index in [0.29, 0.717) is 24.0 Å². The molecule has 1 fully saturated rings. The van der Waals surface area contributed by atoms with Gasteiger partial charge in [0.15, 0.2) is 5.82 Å². The summed E-state index contributed by atoms with van der Waals surface area (Å²) >= 11 is 0. The summed E-state index contributed by atoms with van der Waals surface area (Å²) in [7, 11) is 7.42. The predicted octanol–water partition coefficient (Wildman–Crippen LogP) is 1.60. The van der Waals surface area contributed by atoms with Gasteiger partial charge < -0.3 is 20.0 Å². The van der Waals surface area contributed by atoms with Crippen LogP contribution in [0.15, 0.2) is 36.5 Å². The van der Waals surface area contributed by atoms with Crippen LogP contribution in [0.1, 0.15) is 6.42 Å². The van der Waals surface area contributed by atoms with Gasteiger partial charge in [-0.25, -0.2) is 4.98 Å². The molecule has 1 unspecified atom stereocenters. The highest BCUT2D eigenvalue weighted by molar-refractivity contribution is 6.04. The Morgan fingerprint density at radius 2 is 1.85 bits per heavy atom. The first-order chi connectivity index (χ1) is 12.9. The number of anilines is 4. The lowest BCUT2D eigenvalue weighted by atomic mass is 10.1. The maximum absolute atomic E-state index is 12.8. The van der Waals surface area contributed by atoms with E-state index in [9.17, 15) is 9.59 Å². The molecule has 1 aliphatic heterocycles. The van der Waals surface area contributed by atoms with Crippen molar-refractivity contribution in [1.82, 2.24) is 9.97 Å². The van der Waals surface area contributed by atoms with Crippen LogP contribution in [0.25, 0.3) is 0 Å². The van der Waals surface area contributed by atoms with Crippen LogP contribution in [-0.2, 0) is 9.59 Å². The molecule has 8 nitrogen and oxygen atoms in total. The Hall–Kier alpha value is -3.16. The Labute approximate surface area is 158 Å². The SMILES string of the molecule is CN(C)c1ncc(NC(=O)C2CC(=O)N(c3ccccc3)C2)c(N(C)C)n1. The zero-order chi connectivity index (χ0) is 19.6. The zero-order valence-corrected chi connectivity index (χ0v) is 16.0. The monoisotopic (exact) mass is 368 g/mol. The molecule has 1 atom stereocenters. The summed E-state index contributed by atoms with van der Waals surface area (Å²) in [6.07, 6.45) is 1.79. The van der Waals surface area contributed by atoms with Crippen LogP contribution in [-0.4, -0.2) is 56.5 Å². The normalized spacial score (nSPS) is 16.4. The van der Waals surface area contributed by atoms with Gasteiger partial charge in [0.1, 0.15) is 5.69 Å². The molecule has 2 aromatic rings. The second kappa shape index (κ2) is 7.61. The molecule has 142 valence electrons. The van der Waals surface area contributed by atoms with Crippen molar-refractivity contribution < 1.29 is 9.59 Å². The molecule has 8 heteroatoms. The number of carbonyl (C=O) groups is 2. The molecule has 0 radical (unpaired) electrons. The van der Waals surface area contributed by atoms with Crippen LogP contribution in [0.2, 0.25) is 0 Å². The number of aromatic nitrogens is 2. The second-order valence-corrected chi connectivity index (χ2v) is 6.93. The first kappa shape index (κ1) is 18.6. The number of carbonyl (C=O) groups excluding carboxylic acids is 2. The van der Waals surface area contributed by atoms with Gasteiger partial charge >= 0.3 is 0 Å². The van der Waals surface area contributed by atoms with Crippen molar-refractivity contribution in [2.75, 3.05) is 54.8 Å². The highest BCUT2D eigenvalue weighted by atomic mass is 16.2. The topological polar surface area (TPSA) is 81.7 Å². The van der Waals surface area contributed by atoms with Gasteiger partial charge in [0.05, 0.1) is 12.1 Å². The molecule has 2 amide bonds. The maximum atomic E-state index is 12.8. The summed E-state index contributed by atoms with van der Waals surface area (Å²) in [5.41, 5.74) is 1.34. The fourth-order valence-corrected chi connectivity index (χ4v) is 2.98. The first-order valence-corrected chi connectivity index (χ1v) is 8.74. The van der Waals surface area contributed by atoms with Crippen molar-refractivity contribution in [1.29, 1.82) is 0 Å². The molecular formula is C19H24N6O2. The van der Waals surface area contributed by atoms with E-state index in [1.165, 1.54) is 0 Å². The highest BCUT2D eigenvalue weighted by Gasteiger charge is 2.35. The second-order valence-electron chi connectivity index (χ2n) is 6.93. The minimum atomic E-state index is -0.416. The van der Waals surface area contributed by atoms with Gasteiger partial charge in [0.2, 0.25) is 17.8 Å². The minimum absolute atomic E-state index is 0.0478. The van der Waals surface area contributed by atoms with Crippen molar-refractivity contribution in [3.63, 3.8) is 0 Å². The van der Waals surface area contributed by atoms with Gasteiger partial charge in [-0.05, 0) is 12.1 Å². The Kier molecular flexibility index (Phi) is 5.25. The molecule has 1 N–H and O–H groups in total. The van der Waals surface area contributed by atoms with Crippen LogP contribution in [0, 0.1) is 5.92 Å². The Balaban J connectivity index is 1.75. The smallest absolute Gasteiger partial charge is 0.229 e. The third kappa shape index (κ3) is 3.99. The summed E-state index contributed by atoms with van der Waals surface area (Å²) in [5.74, 6) is 0.509. The quantitative estimate of drug-likeness (QED) is 0.863. The number of hydrogen-bond donors (Lipinski definition) is 1. The van der Waals surface area contributed by atoms with E-state index in [1.807, 2.05) is 63.4 Å². The number of benzene rings is 1. The standard InChI is InChI=1S/C19H24N6O2/c1-23(2)17-15(11-20-19(22-17)24(3)4)21-18(27)13-10-16(26)25(12-13)14-8-6-5-7-9-14/h5-9,11,13H,10,12H2,1-4H3,(H,21,27). The molecule has 1 saturated heterocycles. The van der Waals surface area contributed by atoms with Crippen molar-refractivity contribution >= 4 is 35.0 Å². The molecule has 0 aliphatic carbocycles.